The Hall–Kier alpha value is -5.64. The van der Waals surface area contributed by atoms with Crippen molar-refractivity contribution in [2.45, 2.75) is 77.8 Å². The van der Waals surface area contributed by atoms with Gasteiger partial charge in [0, 0.05) is 39.5 Å². The fourth-order valence-corrected chi connectivity index (χ4v) is 5.92. The van der Waals surface area contributed by atoms with Gasteiger partial charge in [0.15, 0.2) is 11.5 Å². The van der Waals surface area contributed by atoms with Crippen molar-refractivity contribution >= 4 is 39.5 Å². The quantitative estimate of drug-likeness (QED) is 0.0966. The van der Waals surface area contributed by atoms with Crippen molar-refractivity contribution < 1.29 is 46.6 Å². The molecule has 0 aromatic carbocycles. The van der Waals surface area contributed by atoms with Crippen LogP contribution in [0.4, 0.5) is 17.6 Å². The average Bonchev–Trinajstić information content (AvgIpc) is 3.87. The Bertz CT molecular complexity index is 2560. The summed E-state index contributed by atoms with van der Waals surface area (Å²) in [6.07, 6.45) is 5.23. The highest BCUT2D eigenvalue weighted by atomic mass is 79.9. The molecule has 6 aromatic heterocycles. The van der Waals surface area contributed by atoms with Crippen molar-refractivity contribution in [1.29, 1.82) is 10.5 Å². The summed E-state index contributed by atoms with van der Waals surface area (Å²) < 4.78 is 79.2. The lowest BCUT2D eigenvalue weighted by Gasteiger charge is -2.32. The van der Waals surface area contributed by atoms with Crippen LogP contribution in [0.25, 0.3) is 22.2 Å². The van der Waals surface area contributed by atoms with Gasteiger partial charge in [0.1, 0.15) is 30.9 Å². The molecule has 20 heteroatoms. The third-order valence-electron chi connectivity index (χ3n) is 9.05. The number of halogens is 5. The first-order valence-corrected chi connectivity index (χ1v) is 18.9. The number of aliphatic hydroxyl groups is 2. The van der Waals surface area contributed by atoms with Crippen LogP contribution in [-0.2, 0) is 9.31 Å². The van der Waals surface area contributed by atoms with Gasteiger partial charge in [0.25, 0.3) is 11.9 Å². The van der Waals surface area contributed by atoms with Crippen molar-refractivity contribution in [3.8, 4) is 34.8 Å². The number of fused-ring (bicyclic) bond motifs is 2. The lowest BCUT2D eigenvalue weighted by molar-refractivity contribution is 0.00578. The van der Waals surface area contributed by atoms with Crippen molar-refractivity contribution in [3.63, 3.8) is 0 Å². The summed E-state index contributed by atoms with van der Waals surface area (Å²) in [6, 6.07) is 12.2. The first kappa shape index (κ1) is 45.4. The highest BCUT2D eigenvalue weighted by Crippen LogP contribution is 2.37. The maximum atomic E-state index is 14.7. The van der Waals surface area contributed by atoms with Crippen molar-refractivity contribution in [3.05, 3.63) is 101 Å². The van der Waals surface area contributed by atoms with E-state index in [0.29, 0.717) is 21.1 Å². The molecule has 0 spiro atoms. The molecule has 7 heterocycles. The topological polar surface area (TPSA) is 185 Å². The first-order chi connectivity index (χ1) is 27.9. The second-order valence-electron chi connectivity index (χ2n) is 15.8. The number of nitriles is 2. The minimum atomic E-state index is -1.17. The number of hydrogen-bond donors (Lipinski definition) is 2. The van der Waals surface area contributed by atoms with Crippen LogP contribution in [-0.4, -0.2) is 82.1 Å². The summed E-state index contributed by atoms with van der Waals surface area (Å²) in [7, 11) is -0.474. The second-order valence-corrected chi connectivity index (χ2v) is 16.6. The van der Waals surface area contributed by atoms with Crippen LogP contribution in [0.3, 0.4) is 0 Å². The standard InChI is InChI=1S/C17H14F2N4O2.C12H11BrFN3O2.C11H15BFNO2/c1-17(2,24)9-25-13-5-12(10-3-4-14(18)21-7-10)15-11(6-20)8-22-23(15)16(13)19;1-12(2,18)6-19-9-3-8(13)10-7(4-15)5-16-17(10)11(9)14;1-10(2)11(3,4)16-12(15-10)8-5-6-9(13)14-7-8/h3-5,7-8,24H,9H2,1-2H3;3,5,18H,6H2,1-2H3;5-7H,1-4H3. The monoisotopic (exact) mass is 894 g/mol. The van der Waals surface area contributed by atoms with Gasteiger partial charge in [-0.15, -0.1) is 0 Å². The lowest BCUT2D eigenvalue weighted by Crippen LogP contribution is -2.41. The Morgan fingerprint density at radius 1 is 0.733 bits per heavy atom. The van der Waals surface area contributed by atoms with Gasteiger partial charge < -0.3 is 29.0 Å². The zero-order valence-corrected chi connectivity index (χ0v) is 35.3. The smallest absolute Gasteiger partial charge is 0.486 e. The molecule has 0 amide bonds. The van der Waals surface area contributed by atoms with Crippen LogP contribution in [0.15, 0.2) is 65.7 Å². The summed E-state index contributed by atoms with van der Waals surface area (Å²) in [5.74, 6) is -2.88. The summed E-state index contributed by atoms with van der Waals surface area (Å²) in [5, 5.41) is 45.2. The zero-order chi connectivity index (χ0) is 44.4. The lowest BCUT2D eigenvalue weighted by atomic mass is 9.80. The zero-order valence-electron chi connectivity index (χ0n) is 33.8. The molecule has 7 rings (SSSR count). The van der Waals surface area contributed by atoms with Crippen molar-refractivity contribution in [1.82, 2.24) is 29.2 Å². The van der Waals surface area contributed by atoms with E-state index in [1.807, 2.05) is 39.8 Å². The van der Waals surface area contributed by atoms with Crippen LogP contribution in [0.2, 0.25) is 0 Å². The number of rotatable bonds is 8. The summed E-state index contributed by atoms with van der Waals surface area (Å²) >= 11 is 3.25. The van der Waals surface area contributed by atoms with Crippen LogP contribution in [0, 0.1) is 46.5 Å². The fourth-order valence-electron chi connectivity index (χ4n) is 5.33. The van der Waals surface area contributed by atoms with Crippen LogP contribution < -0.4 is 14.9 Å². The molecule has 0 atom stereocenters. The highest BCUT2D eigenvalue weighted by Gasteiger charge is 2.51. The Balaban J connectivity index is 0.000000176. The Morgan fingerprint density at radius 3 is 1.65 bits per heavy atom. The Morgan fingerprint density at radius 2 is 1.20 bits per heavy atom. The molecule has 314 valence electrons. The van der Waals surface area contributed by atoms with Gasteiger partial charge in [-0.2, -0.15) is 38.3 Å². The van der Waals surface area contributed by atoms with Crippen molar-refractivity contribution in [2.24, 2.45) is 0 Å². The van der Waals surface area contributed by atoms with E-state index in [1.165, 1.54) is 62.9 Å². The number of hydrogen-bond acceptors (Lipinski definition) is 12. The van der Waals surface area contributed by atoms with Crippen LogP contribution >= 0.6 is 15.9 Å². The minimum absolute atomic E-state index is 0.0471. The Labute approximate surface area is 351 Å². The largest absolute Gasteiger partial charge is 0.496 e. The SMILES string of the molecule is CC(C)(O)COc1cc(-c2ccc(F)nc2)c2c(C#N)cnn2c1F.CC(C)(O)COc1cc(Br)c2c(C#N)cnn2c1F.CC1(C)OB(c2ccc(F)nc2)OC1(C)C. The number of nitrogens with zero attached hydrogens (tertiary/aromatic N) is 8. The molecule has 0 unspecified atom stereocenters. The summed E-state index contributed by atoms with van der Waals surface area (Å²) in [6.45, 7) is 13.9. The van der Waals surface area contributed by atoms with E-state index < -0.39 is 42.1 Å². The van der Waals surface area contributed by atoms with Crippen molar-refractivity contribution in [2.75, 3.05) is 13.2 Å². The predicted molar refractivity (Wildman–Crippen MR) is 214 cm³/mol. The van der Waals surface area contributed by atoms with E-state index in [1.54, 1.807) is 19.9 Å². The molecule has 1 aliphatic rings. The van der Waals surface area contributed by atoms with E-state index >= 15 is 0 Å². The van der Waals surface area contributed by atoms with Gasteiger partial charge >= 0.3 is 7.12 Å². The molecule has 0 radical (unpaired) electrons. The molecular weight excluding hydrogens is 855 g/mol. The van der Waals surface area contributed by atoms with E-state index in [9.17, 15) is 33.0 Å². The van der Waals surface area contributed by atoms with Gasteiger partial charge in [-0.3, -0.25) is 0 Å². The molecule has 60 heavy (non-hydrogen) atoms. The van der Waals surface area contributed by atoms with Gasteiger partial charge in [-0.25, -0.2) is 19.0 Å². The molecule has 1 fully saturated rings. The van der Waals surface area contributed by atoms with E-state index in [0.717, 1.165) is 20.6 Å². The van der Waals surface area contributed by atoms with E-state index in [-0.39, 0.29) is 52.6 Å². The molecule has 14 nitrogen and oxygen atoms in total. The minimum Gasteiger partial charge on any atom is -0.486 e. The molecule has 0 bridgehead atoms. The van der Waals surface area contributed by atoms with Crippen LogP contribution in [0.5, 0.6) is 11.5 Å². The average molecular weight is 896 g/mol. The van der Waals surface area contributed by atoms with Gasteiger partial charge in [-0.05, 0) is 95.6 Å². The Kier molecular flexibility index (Phi) is 13.3. The molecule has 1 aliphatic heterocycles. The summed E-state index contributed by atoms with van der Waals surface area (Å²) in [5.41, 5.74) is -0.397. The molecule has 0 saturated carbocycles. The first-order valence-electron chi connectivity index (χ1n) is 18.1. The third-order valence-corrected chi connectivity index (χ3v) is 9.65. The van der Waals surface area contributed by atoms with Gasteiger partial charge in [-0.1, -0.05) is 6.07 Å². The van der Waals surface area contributed by atoms with E-state index in [2.05, 4.69) is 36.1 Å². The number of ether oxygens (including phenoxy) is 2. The molecule has 6 aromatic rings. The molecule has 2 N–H and O–H groups in total. The normalized spacial score (nSPS) is 14.4. The van der Waals surface area contributed by atoms with Gasteiger partial charge in [0.2, 0.25) is 11.9 Å². The highest BCUT2D eigenvalue weighted by molar-refractivity contribution is 9.10. The molecular formula is C40H40BBrF4N8O6. The maximum Gasteiger partial charge on any atom is 0.496 e. The predicted octanol–water partition coefficient (Wildman–Crippen LogP) is 6.47. The molecule has 1 saturated heterocycles. The number of aromatic nitrogens is 6. The number of pyridine rings is 4. The van der Waals surface area contributed by atoms with Gasteiger partial charge in [0.05, 0.1) is 51.4 Å². The summed E-state index contributed by atoms with van der Waals surface area (Å²) in [4.78, 5) is 7.18. The van der Waals surface area contributed by atoms with E-state index in [4.69, 9.17) is 24.0 Å². The second kappa shape index (κ2) is 17.5. The fraction of sp³-hybridized carbons (Fsp3) is 0.350. The third kappa shape index (κ3) is 10.4. The molecule has 0 aliphatic carbocycles. The maximum absolute atomic E-state index is 14.7. The van der Waals surface area contributed by atoms with Crippen LogP contribution in [0.1, 0.15) is 66.5 Å².